The summed E-state index contributed by atoms with van der Waals surface area (Å²) in [6, 6.07) is 8.48. The minimum absolute atomic E-state index is 0.198. The molecule has 1 N–H and O–H groups in total. The zero-order valence-electron chi connectivity index (χ0n) is 18.5. The number of nitrogens with zero attached hydrogens (tertiary/aromatic N) is 2. The molecular weight excluding hydrogens is 394 g/mol. The van der Waals surface area contributed by atoms with Gasteiger partial charge in [0.1, 0.15) is 0 Å². The maximum Gasteiger partial charge on any atom is 0.167 e. The van der Waals surface area contributed by atoms with E-state index in [1.54, 1.807) is 0 Å². The summed E-state index contributed by atoms with van der Waals surface area (Å²) in [7, 11) is 0. The number of hydrogen-bond acceptors (Lipinski definition) is 4. The largest absolute Gasteiger partial charge is 0.383 e. The standard InChI is InChI=1S/C28H25N3O/c1-16-9-20-13-27(32)23(11-18-10-19-5-3-7-29-26(19)12-18)22(20)14-21(16)24-15-31-25-6-4-8-30-28(25)17(24)2/h3,5,7,9,11-12,14-15,30H,4,6,8,10,13H2,1-2H3/b23-11-. The molecule has 2 aliphatic carbocycles. The average molecular weight is 420 g/mol. The van der Waals surface area contributed by atoms with Crippen LogP contribution in [0.25, 0.3) is 22.8 Å². The molecule has 0 unspecified atom stereocenters. The Balaban J connectivity index is 1.44. The van der Waals surface area contributed by atoms with Gasteiger partial charge in [-0.2, -0.15) is 0 Å². The number of carbonyl (C=O) groups is 1. The number of Topliss-reactive ketones (excluding diaryl/α,β-unsaturated/α-hetero) is 1. The number of aromatic nitrogens is 2. The molecule has 3 aliphatic rings. The molecule has 4 heteroatoms. The first-order chi connectivity index (χ1) is 15.6. The summed E-state index contributed by atoms with van der Waals surface area (Å²) in [6.07, 6.45) is 11.5. The number of fused-ring (bicyclic) bond motifs is 3. The van der Waals surface area contributed by atoms with Crippen LogP contribution >= 0.6 is 0 Å². The number of nitrogens with one attached hydrogen (secondary N) is 1. The fraction of sp³-hybridized carbons (Fsp3) is 0.250. The number of benzene rings is 1. The van der Waals surface area contributed by atoms with Crippen LogP contribution in [0.5, 0.6) is 0 Å². The molecule has 0 saturated heterocycles. The van der Waals surface area contributed by atoms with Gasteiger partial charge in [0, 0.05) is 36.5 Å². The van der Waals surface area contributed by atoms with E-state index in [4.69, 9.17) is 4.98 Å². The Morgan fingerprint density at radius 3 is 2.81 bits per heavy atom. The van der Waals surface area contributed by atoms with Crippen LogP contribution in [0.1, 0.15) is 45.6 Å². The van der Waals surface area contributed by atoms with Crippen LogP contribution in [0.3, 0.4) is 0 Å². The third-order valence-corrected chi connectivity index (χ3v) is 6.96. The molecule has 3 heterocycles. The predicted octanol–water partition coefficient (Wildman–Crippen LogP) is 5.27. The second-order valence-corrected chi connectivity index (χ2v) is 9.07. The molecule has 0 radical (unpaired) electrons. The van der Waals surface area contributed by atoms with Crippen molar-refractivity contribution in [1.29, 1.82) is 0 Å². The van der Waals surface area contributed by atoms with Crippen molar-refractivity contribution in [3.8, 4) is 11.1 Å². The number of carbonyl (C=O) groups excluding carboxylic acids is 1. The number of allylic oxidation sites excluding steroid dienone is 3. The minimum Gasteiger partial charge on any atom is -0.383 e. The van der Waals surface area contributed by atoms with Crippen LogP contribution in [-0.4, -0.2) is 22.3 Å². The summed E-state index contributed by atoms with van der Waals surface area (Å²) in [5.41, 5.74) is 13.5. The van der Waals surface area contributed by atoms with Gasteiger partial charge in [-0.1, -0.05) is 12.1 Å². The summed E-state index contributed by atoms with van der Waals surface area (Å²) in [4.78, 5) is 22.2. The molecule has 1 aromatic carbocycles. The fourth-order valence-corrected chi connectivity index (χ4v) is 5.31. The van der Waals surface area contributed by atoms with Gasteiger partial charge in [-0.25, -0.2) is 0 Å². The number of hydrogen-bond donors (Lipinski definition) is 1. The number of rotatable bonds is 2. The van der Waals surface area contributed by atoms with Crippen molar-refractivity contribution < 1.29 is 4.79 Å². The maximum absolute atomic E-state index is 13.0. The molecule has 0 bridgehead atoms. The number of aryl methyl sites for hydroxylation is 2. The zero-order chi connectivity index (χ0) is 21.8. The van der Waals surface area contributed by atoms with Crippen molar-refractivity contribution in [2.24, 2.45) is 0 Å². The highest BCUT2D eigenvalue weighted by Gasteiger charge is 2.27. The Hall–Kier alpha value is -3.53. The van der Waals surface area contributed by atoms with E-state index in [1.807, 2.05) is 18.5 Å². The lowest BCUT2D eigenvalue weighted by molar-refractivity contribution is -0.112. The van der Waals surface area contributed by atoms with E-state index in [0.717, 1.165) is 70.6 Å². The van der Waals surface area contributed by atoms with Gasteiger partial charge < -0.3 is 5.32 Å². The number of anilines is 1. The highest BCUT2D eigenvalue weighted by Crippen LogP contribution is 2.39. The molecule has 0 amide bonds. The summed E-state index contributed by atoms with van der Waals surface area (Å²) in [5.74, 6) is 0.198. The molecule has 3 aromatic rings. The predicted molar refractivity (Wildman–Crippen MR) is 129 cm³/mol. The van der Waals surface area contributed by atoms with E-state index in [2.05, 4.69) is 54.5 Å². The van der Waals surface area contributed by atoms with Gasteiger partial charge in [-0.05, 0) is 96.3 Å². The minimum atomic E-state index is 0.198. The lowest BCUT2D eigenvalue weighted by Crippen LogP contribution is -2.15. The van der Waals surface area contributed by atoms with Crippen molar-refractivity contribution in [2.75, 3.05) is 11.9 Å². The Labute approximate surface area is 188 Å². The molecule has 6 rings (SSSR count). The SMILES string of the molecule is Cc1cc2c(cc1-c1cnc3c(c1C)NCCC3)/C(=C/C1=Cc3ncccc3C1)C(=O)C2. The molecule has 0 atom stereocenters. The fourth-order valence-electron chi connectivity index (χ4n) is 5.31. The van der Waals surface area contributed by atoms with E-state index >= 15 is 0 Å². The van der Waals surface area contributed by atoms with Gasteiger partial charge in [0.05, 0.1) is 17.1 Å². The highest BCUT2D eigenvalue weighted by molar-refractivity contribution is 6.26. The molecule has 2 aromatic heterocycles. The Kier molecular flexibility index (Phi) is 4.35. The Bertz CT molecular complexity index is 1360. The molecule has 4 nitrogen and oxygen atoms in total. The maximum atomic E-state index is 13.0. The van der Waals surface area contributed by atoms with Crippen LogP contribution in [0.15, 0.2) is 48.3 Å². The van der Waals surface area contributed by atoms with Gasteiger partial charge in [0.2, 0.25) is 0 Å². The molecule has 32 heavy (non-hydrogen) atoms. The topological polar surface area (TPSA) is 54.9 Å². The van der Waals surface area contributed by atoms with Gasteiger partial charge in [0.25, 0.3) is 0 Å². The summed E-state index contributed by atoms with van der Waals surface area (Å²) < 4.78 is 0. The monoisotopic (exact) mass is 419 g/mol. The number of pyridine rings is 2. The van der Waals surface area contributed by atoms with E-state index in [0.29, 0.717) is 6.42 Å². The summed E-state index contributed by atoms with van der Waals surface area (Å²) >= 11 is 0. The average Bonchev–Trinajstić information content (AvgIpc) is 3.34. The van der Waals surface area contributed by atoms with Crippen LogP contribution < -0.4 is 5.32 Å². The first kappa shape index (κ1) is 19.2. The van der Waals surface area contributed by atoms with Crippen LogP contribution in [0.2, 0.25) is 0 Å². The van der Waals surface area contributed by atoms with Crippen molar-refractivity contribution in [3.05, 3.63) is 87.5 Å². The first-order valence-electron chi connectivity index (χ1n) is 11.3. The lowest BCUT2D eigenvalue weighted by Gasteiger charge is -2.22. The quantitative estimate of drug-likeness (QED) is 0.575. The highest BCUT2D eigenvalue weighted by atomic mass is 16.1. The summed E-state index contributed by atoms with van der Waals surface area (Å²) in [5, 5.41) is 3.54. The van der Waals surface area contributed by atoms with E-state index in [1.165, 1.54) is 22.4 Å². The number of ketones is 1. The van der Waals surface area contributed by atoms with E-state index in [-0.39, 0.29) is 5.78 Å². The third kappa shape index (κ3) is 3.01. The molecule has 158 valence electrons. The summed E-state index contributed by atoms with van der Waals surface area (Å²) in [6.45, 7) is 5.31. The van der Waals surface area contributed by atoms with Crippen LogP contribution in [-0.2, 0) is 24.1 Å². The van der Waals surface area contributed by atoms with Crippen molar-refractivity contribution in [3.63, 3.8) is 0 Å². The van der Waals surface area contributed by atoms with Crippen molar-refractivity contribution in [2.45, 2.75) is 39.5 Å². The molecule has 1 aliphatic heterocycles. The molecule has 0 saturated carbocycles. The van der Waals surface area contributed by atoms with Gasteiger partial charge >= 0.3 is 0 Å². The lowest BCUT2D eigenvalue weighted by atomic mass is 9.91. The van der Waals surface area contributed by atoms with Crippen LogP contribution in [0.4, 0.5) is 5.69 Å². The van der Waals surface area contributed by atoms with Crippen molar-refractivity contribution in [1.82, 2.24) is 9.97 Å². The normalized spacial score (nSPS) is 17.6. The van der Waals surface area contributed by atoms with E-state index in [9.17, 15) is 4.79 Å². The first-order valence-corrected chi connectivity index (χ1v) is 11.3. The van der Waals surface area contributed by atoms with Crippen LogP contribution in [0, 0.1) is 13.8 Å². The zero-order valence-corrected chi connectivity index (χ0v) is 18.5. The molecule has 0 spiro atoms. The van der Waals surface area contributed by atoms with E-state index < -0.39 is 0 Å². The molecular formula is C28H25N3O. The van der Waals surface area contributed by atoms with Gasteiger partial charge in [-0.3, -0.25) is 14.8 Å². The van der Waals surface area contributed by atoms with Gasteiger partial charge in [-0.15, -0.1) is 0 Å². The second-order valence-electron chi connectivity index (χ2n) is 9.07. The second kappa shape index (κ2) is 7.27. The van der Waals surface area contributed by atoms with Gasteiger partial charge in [0.15, 0.2) is 5.78 Å². The van der Waals surface area contributed by atoms with Crippen molar-refractivity contribution >= 4 is 23.1 Å². The smallest absolute Gasteiger partial charge is 0.167 e. The third-order valence-electron chi connectivity index (χ3n) is 6.96. The Morgan fingerprint density at radius 1 is 1.03 bits per heavy atom. The molecule has 0 fully saturated rings. The Morgan fingerprint density at radius 2 is 1.94 bits per heavy atom.